The zero-order valence-corrected chi connectivity index (χ0v) is 46.1. The summed E-state index contributed by atoms with van der Waals surface area (Å²) in [6.45, 7) is 4.93. The monoisotopic (exact) mass is 960 g/mol. The van der Waals surface area contributed by atoms with Gasteiger partial charge in [-0.2, -0.15) is 0 Å². The van der Waals surface area contributed by atoms with Crippen molar-refractivity contribution < 1.29 is 24.5 Å². The van der Waals surface area contributed by atoms with Crippen LogP contribution in [0, 0.1) is 0 Å². The summed E-state index contributed by atoms with van der Waals surface area (Å²) in [5, 5.41) is 23.2. The van der Waals surface area contributed by atoms with Gasteiger partial charge >= 0.3 is 5.97 Å². The van der Waals surface area contributed by atoms with Gasteiger partial charge in [-0.15, -0.1) is 0 Å². The van der Waals surface area contributed by atoms with E-state index in [0.717, 1.165) is 38.5 Å². The Hall–Kier alpha value is -1.40. The van der Waals surface area contributed by atoms with Crippen LogP contribution in [-0.2, 0) is 14.3 Å². The molecule has 0 bridgehead atoms. The molecule has 0 rings (SSSR count). The molecule has 404 valence electrons. The van der Waals surface area contributed by atoms with Gasteiger partial charge < -0.3 is 20.3 Å². The maximum atomic E-state index is 12.5. The lowest BCUT2D eigenvalue weighted by Crippen LogP contribution is -2.45. The fourth-order valence-corrected chi connectivity index (χ4v) is 9.81. The van der Waals surface area contributed by atoms with Gasteiger partial charge in [0.1, 0.15) is 0 Å². The lowest BCUT2D eigenvalue weighted by molar-refractivity contribution is -0.143. The summed E-state index contributed by atoms with van der Waals surface area (Å²) >= 11 is 0. The summed E-state index contributed by atoms with van der Waals surface area (Å²) < 4.78 is 5.47. The van der Waals surface area contributed by atoms with Crippen molar-refractivity contribution in [3.8, 4) is 0 Å². The first-order chi connectivity index (χ1) is 33.5. The van der Waals surface area contributed by atoms with Crippen LogP contribution in [0.5, 0.6) is 0 Å². The molecular formula is C62H121NO5. The average molecular weight is 961 g/mol. The number of aliphatic hydroxyl groups excluding tert-OH is 2. The van der Waals surface area contributed by atoms with E-state index in [9.17, 15) is 19.8 Å². The molecule has 6 nitrogen and oxygen atoms in total. The van der Waals surface area contributed by atoms with Crippen LogP contribution in [0.4, 0.5) is 0 Å². The minimum absolute atomic E-state index is 0.0127. The highest BCUT2D eigenvalue weighted by Crippen LogP contribution is 2.18. The van der Waals surface area contributed by atoms with Crippen molar-refractivity contribution in [3.63, 3.8) is 0 Å². The van der Waals surface area contributed by atoms with E-state index < -0.39 is 12.1 Å². The van der Waals surface area contributed by atoms with Crippen LogP contribution in [0.15, 0.2) is 12.2 Å². The standard InChI is InChI=1S/C62H121NO5/c1-3-5-7-9-11-13-15-17-18-19-25-28-31-34-38-42-46-50-54-60(65)59(58-64)63-61(66)55-51-47-43-39-35-32-29-26-23-21-20-22-24-27-30-33-37-41-45-49-53-57-68-62(67)56-52-48-44-40-36-16-14-12-10-8-6-4-2/h50,54,59-60,64-65H,3-49,51-53,55-58H2,1-2H3,(H,63,66)/b54-50+. The van der Waals surface area contributed by atoms with Gasteiger partial charge in [-0.05, 0) is 32.1 Å². The van der Waals surface area contributed by atoms with E-state index in [1.54, 1.807) is 6.08 Å². The SMILES string of the molecule is CCCCCCCCCCCCCCCCCC/C=C/C(O)C(CO)NC(=O)CCCCCCCCCCCCCCCCCCCCCCCOC(=O)CCCCCCCCCCCCCC. The second-order valence-corrected chi connectivity index (χ2v) is 21.4. The van der Waals surface area contributed by atoms with Crippen molar-refractivity contribution in [2.75, 3.05) is 13.2 Å². The van der Waals surface area contributed by atoms with Crippen LogP contribution >= 0.6 is 0 Å². The van der Waals surface area contributed by atoms with Gasteiger partial charge in [0.2, 0.25) is 5.91 Å². The van der Waals surface area contributed by atoms with Crippen LogP contribution in [-0.4, -0.2) is 47.4 Å². The molecule has 0 heterocycles. The number of carbonyl (C=O) groups is 2. The minimum Gasteiger partial charge on any atom is -0.466 e. The fraction of sp³-hybridized carbons (Fsp3) is 0.935. The van der Waals surface area contributed by atoms with Crippen molar-refractivity contribution in [1.82, 2.24) is 5.32 Å². The largest absolute Gasteiger partial charge is 0.466 e. The Morgan fingerprint density at radius 3 is 1.00 bits per heavy atom. The van der Waals surface area contributed by atoms with Crippen LogP contribution < -0.4 is 5.32 Å². The predicted molar refractivity (Wildman–Crippen MR) is 297 cm³/mol. The maximum absolute atomic E-state index is 12.5. The van der Waals surface area contributed by atoms with Gasteiger partial charge in [-0.1, -0.05) is 315 Å². The predicted octanol–water partition coefficient (Wildman–Crippen LogP) is 19.2. The number of amides is 1. The Kier molecular flexibility index (Phi) is 57.0. The third-order valence-corrected chi connectivity index (χ3v) is 14.6. The fourth-order valence-electron chi connectivity index (χ4n) is 9.81. The third kappa shape index (κ3) is 53.9. The molecule has 68 heavy (non-hydrogen) atoms. The molecule has 0 aromatic rings. The second kappa shape index (κ2) is 58.2. The van der Waals surface area contributed by atoms with Gasteiger partial charge in [0.05, 0.1) is 25.4 Å². The van der Waals surface area contributed by atoms with Crippen molar-refractivity contribution in [2.24, 2.45) is 0 Å². The van der Waals surface area contributed by atoms with Crippen LogP contribution in [0.3, 0.4) is 0 Å². The summed E-state index contributed by atoms with van der Waals surface area (Å²) in [4.78, 5) is 24.5. The Bertz CT molecular complexity index is 1020. The molecular weight excluding hydrogens is 839 g/mol. The average Bonchev–Trinajstić information content (AvgIpc) is 3.34. The lowest BCUT2D eigenvalue weighted by atomic mass is 10.0. The van der Waals surface area contributed by atoms with E-state index in [4.69, 9.17) is 4.74 Å². The number of esters is 1. The van der Waals surface area contributed by atoms with Crippen molar-refractivity contribution in [2.45, 2.75) is 360 Å². The second-order valence-electron chi connectivity index (χ2n) is 21.4. The Balaban J connectivity index is 3.41. The van der Waals surface area contributed by atoms with Gasteiger partial charge in [0.25, 0.3) is 0 Å². The van der Waals surface area contributed by atoms with Gasteiger partial charge in [-0.3, -0.25) is 9.59 Å². The molecule has 0 saturated heterocycles. The molecule has 0 spiro atoms. The molecule has 3 N–H and O–H groups in total. The van der Waals surface area contributed by atoms with E-state index in [2.05, 4.69) is 19.2 Å². The quantitative estimate of drug-likeness (QED) is 0.0321. The van der Waals surface area contributed by atoms with E-state index in [1.807, 2.05) is 6.08 Å². The highest BCUT2D eigenvalue weighted by atomic mass is 16.5. The smallest absolute Gasteiger partial charge is 0.305 e. The van der Waals surface area contributed by atoms with Crippen molar-refractivity contribution >= 4 is 11.9 Å². The van der Waals surface area contributed by atoms with Gasteiger partial charge in [-0.25, -0.2) is 0 Å². The number of unbranched alkanes of at least 4 members (excludes halogenated alkanes) is 47. The normalized spacial score (nSPS) is 12.6. The summed E-state index contributed by atoms with van der Waals surface area (Å²) in [7, 11) is 0. The number of aliphatic hydroxyl groups is 2. The molecule has 0 aliphatic rings. The first-order valence-corrected chi connectivity index (χ1v) is 31.0. The Morgan fingerprint density at radius 2 is 0.676 bits per heavy atom. The van der Waals surface area contributed by atoms with Gasteiger partial charge in [0.15, 0.2) is 0 Å². The lowest BCUT2D eigenvalue weighted by Gasteiger charge is -2.20. The number of allylic oxidation sites excluding steroid dienone is 1. The summed E-state index contributed by atoms with van der Waals surface area (Å²) in [5.74, 6) is -0.0530. The van der Waals surface area contributed by atoms with Crippen LogP contribution in [0.25, 0.3) is 0 Å². The molecule has 0 radical (unpaired) electrons. The van der Waals surface area contributed by atoms with Crippen molar-refractivity contribution in [3.05, 3.63) is 12.2 Å². The topological polar surface area (TPSA) is 95.9 Å². The molecule has 2 atom stereocenters. The van der Waals surface area contributed by atoms with E-state index in [-0.39, 0.29) is 18.5 Å². The van der Waals surface area contributed by atoms with Crippen molar-refractivity contribution in [1.29, 1.82) is 0 Å². The molecule has 0 aromatic carbocycles. The highest BCUT2D eigenvalue weighted by molar-refractivity contribution is 5.76. The third-order valence-electron chi connectivity index (χ3n) is 14.6. The number of hydrogen-bond acceptors (Lipinski definition) is 5. The Morgan fingerprint density at radius 1 is 0.397 bits per heavy atom. The summed E-state index contributed by atoms with van der Waals surface area (Å²) in [6.07, 6.45) is 69.6. The zero-order chi connectivity index (χ0) is 49.3. The number of nitrogens with one attached hydrogen (secondary N) is 1. The molecule has 0 fully saturated rings. The molecule has 0 aliphatic heterocycles. The molecule has 0 aliphatic carbocycles. The summed E-state index contributed by atoms with van der Waals surface area (Å²) in [6, 6.07) is -0.628. The first kappa shape index (κ1) is 66.6. The number of hydrogen-bond donors (Lipinski definition) is 3. The molecule has 0 saturated carbocycles. The molecule has 1 amide bonds. The minimum atomic E-state index is -0.844. The van der Waals surface area contributed by atoms with Crippen LogP contribution in [0.1, 0.15) is 348 Å². The Labute approximate surface area is 425 Å². The van der Waals surface area contributed by atoms with Crippen LogP contribution in [0.2, 0.25) is 0 Å². The van der Waals surface area contributed by atoms with E-state index in [0.29, 0.717) is 19.4 Å². The molecule has 6 heteroatoms. The molecule has 0 aromatic heterocycles. The number of carbonyl (C=O) groups excluding carboxylic acids is 2. The number of rotatable bonds is 58. The maximum Gasteiger partial charge on any atom is 0.305 e. The number of ether oxygens (including phenoxy) is 1. The van der Waals surface area contributed by atoms with Gasteiger partial charge in [0, 0.05) is 12.8 Å². The van der Waals surface area contributed by atoms with E-state index >= 15 is 0 Å². The van der Waals surface area contributed by atoms with E-state index in [1.165, 1.54) is 283 Å². The first-order valence-electron chi connectivity index (χ1n) is 31.0. The molecule has 2 unspecified atom stereocenters. The summed E-state index contributed by atoms with van der Waals surface area (Å²) in [5.41, 5.74) is 0. The zero-order valence-electron chi connectivity index (χ0n) is 46.1. The highest BCUT2D eigenvalue weighted by Gasteiger charge is 2.18.